The van der Waals surface area contributed by atoms with E-state index in [0.717, 1.165) is 4.88 Å². The highest BCUT2D eigenvalue weighted by atomic mass is 35.5. The topological polar surface area (TPSA) is 143 Å². The van der Waals surface area contributed by atoms with Crippen molar-refractivity contribution in [3.63, 3.8) is 0 Å². The van der Waals surface area contributed by atoms with Gasteiger partial charge in [-0.15, -0.1) is 11.3 Å². The van der Waals surface area contributed by atoms with E-state index in [1.54, 1.807) is 54.4 Å². The summed E-state index contributed by atoms with van der Waals surface area (Å²) in [5.74, 6) is -0.873. The highest BCUT2D eigenvalue weighted by Crippen LogP contribution is 2.45. The van der Waals surface area contributed by atoms with E-state index in [2.05, 4.69) is 10.3 Å². The van der Waals surface area contributed by atoms with Gasteiger partial charge in [-0.25, -0.2) is 4.98 Å². The first-order valence-corrected chi connectivity index (χ1v) is 16.6. The summed E-state index contributed by atoms with van der Waals surface area (Å²) in [5.41, 5.74) is 0.967. The number of aromatic nitrogens is 1. The van der Waals surface area contributed by atoms with Crippen molar-refractivity contribution in [3.8, 4) is 11.5 Å². The second-order valence-electron chi connectivity index (χ2n) is 11.8. The van der Waals surface area contributed by atoms with Crippen molar-refractivity contribution in [2.24, 2.45) is 5.41 Å². The van der Waals surface area contributed by atoms with Crippen LogP contribution in [0.2, 0.25) is 5.02 Å². The second kappa shape index (κ2) is 16.3. The van der Waals surface area contributed by atoms with Crippen molar-refractivity contribution >= 4 is 57.5 Å². The van der Waals surface area contributed by atoms with E-state index in [9.17, 15) is 19.2 Å². The zero-order valence-corrected chi connectivity index (χ0v) is 29.4. The van der Waals surface area contributed by atoms with Crippen molar-refractivity contribution in [2.45, 2.75) is 59.2 Å². The van der Waals surface area contributed by atoms with Gasteiger partial charge in [0.15, 0.2) is 16.6 Å². The molecule has 0 aliphatic carbocycles. The molecule has 1 N–H and O–H groups in total. The molecule has 0 saturated carbocycles. The molecule has 48 heavy (non-hydrogen) atoms. The van der Waals surface area contributed by atoms with Crippen molar-refractivity contribution in [3.05, 3.63) is 63.6 Å². The number of benzene rings is 2. The maximum atomic E-state index is 14.4. The Kier molecular flexibility index (Phi) is 12.4. The first-order valence-electron chi connectivity index (χ1n) is 15.4. The maximum absolute atomic E-state index is 14.4. The Morgan fingerprint density at radius 2 is 1.88 bits per heavy atom. The highest BCUT2D eigenvalue weighted by molar-refractivity contribution is 7.15. The smallest absolute Gasteiger partial charge is 0.306 e. The first-order chi connectivity index (χ1) is 22.8. The number of rotatable bonds is 14. The third-order valence-electron chi connectivity index (χ3n) is 7.42. The van der Waals surface area contributed by atoms with Gasteiger partial charge < -0.3 is 33.9 Å². The van der Waals surface area contributed by atoms with Gasteiger partial charge in [0.25, 0.3) is 5.91 Å². The van der Waals surface area contributed by atoms with Crippen LogP contribution in [0.3, 0.4) is 0 Å². The van der Waals surface area contributed by atoms with Crippen molar-refractivity contribution in [2.75, 3.05) is 44.2 Å². The zero-order chi connectivity index (χ0) is 35.0. The summed E-state index contributed by atoms with van der Waals surface area (Å²) in [6.07, 6.45) is -0.310. The van der Waals surface area contributed by atoms with Gasteiger partial charge in [0.1, 0.15) is 12.2 Å². The summed E-state index contributed by atoms with van der Waals surface area (Å²) in [6.45, 7) is 7.30. The van der Waals surface area contributed by atoms with Crippen LogP contribution in [0.25, 0.3) is 0 Å². The summed E-state index contributed by atoms with van der Waals surface area (Å²) in [4.78, 5) is 57.9. The van der Waals surface area contributed by atoms with Gasteiger partial charge in [-0.3, -0.25) is 19.2 Å². The molecular weight excluding hydrogens is 662 g/mol. The molecule has 2 atom stereocenters. The fraction of sp³-hybridized carbons (Fsp3) is 0.441. The molecule has 1 aliphatic rings. The summed E-state index contributed by atoms with van der Waals surface area (Å²) >= 11 is 7.75. The molecule has 258 valence electrons. The number of nitrogens with zero attached hydrogens (tertiary/aromatic N) is 2. The van der Waals surface area contributed by atoms with Gasteiger partial charge in [-0.1, -0.05) is 37.6 Å². The molecule has 1 aromatic heterocycles. The number of anilines is 2. The number of carbonyl (C=O) groups is 4. The van der Waals surface area contributed by atoms with Crippen molar-refractivity contribution in [1.29, 1.82) is 0 Å². The molecule has 3 aromatic rings. The molecule has 4 rings (SSSR count). The van der Waals surface area contributed by atoms with Crippen LogP contribution in [0.1, 0.15) is 62.6 Å². The number of halogens is 1. The average molecular weight is 702 g/mol. The molecule has 2 aromatic carbocycles. The first kappa shape index (κ1) is 36.6. The normalized spacial score (nSPS) is 16.1. The number of hydrogen-bond acceptors (Lipinski definition) is 11. The minimum atomic E-state index is -1.26. The molecule has 0 unspecified atom stereocenters. The molecule has 0 saturated heterocycles. The number of hydrogen-bond donors (Lipinski definition) is 1. The molecular formula is C34H40ClN3O9S. The lowest BCUT2D eigenvalue weighted by molar-refractivity contribution is -0.144. The summed E-state index contributed by atoms with van der Waals surface area (Å²) < 4.78 is 28.2. The lowest BCUT2D eigenvalue weighted by Gasteiger charge is -2.33. The van der Waals surface area contributed by atoms with E-state index in [-0.39, 0.29) is 32.0 Å². The predicted octanol–water partition coefficient (Wildman–Crippen LogP) is 5.75. The Morgan fingerprint density at radius 1 is 1.10 bits per heavy atom. The summed E-state index contributed by atoms with van der Waals surface area (Å²) in [6, 6.07) is 10.4. The van der Waals surface area contributed by atoms with E-state index < -0.39 is 35.4 Å². The minimum Gasteiger partial charge on any atom is -0.493 e. The van der Waals surface area contributed by atoms with Crippen molar-refractivity contribution < 1.29 is 42.9 Å². The standard InChI is InChI=1S/C34H40ClN3O9S/c1-7-45-29(41)14-12-22-17-36-33(48-22)37-28(40)16-27-32(42)38(18-34(3,4)19-46-20(2)39)25-13-11-21(35)15-24(25)30(47-27)23-9-8-10-26(43-5)31(23)44-6/h8-11,13,15,17,27,30H,7,12,14,16,18-19H2,1-6H3,(H,36,37,40)/t27-,30-/m1/s1. The monoisotopic (exact) mass is 701 g/mol. The Labute approximate surface area is 288 Å². The molecule has 0 fully saturated rings. The fourth-order valence-electron chi connectivity index (χ4n) is 5.28. The number of amides is 2. The zero-order valence-electron chi connectivity index (χ0n) is 27.8. The lowest BCUT2D eigenvalue weighted by atomic mass is 9.92. The highest BCUT2D eigenvalue weighted by Gasteiger charge is 2.41. The molecule has 12 nitrogen and oxygen atoms in total. The fourth-order valence-corrected chi connectivity index (χ4v) is 6.28. The predicted molar refractivity (Wildman–Crippen MR) is 181 cm³/mol. The Hall–Kier alpha value is -4.20. The molecule has 0 spiro atoms. The van der Waals surface area contributed by atoms with E-state index >= 15 is 0 Å². The van der Waals surface area contributed by atoms with Gasteiger partial charge >= 0.3 is 11.9 Å². The SMILES string of the molecule is CCOC(=O)CCc1cnc(NC(=O)C[C@H]2O[C@H](c3cccc(OC)c3OC)c3cc(Cl)ccc3N(CC(C)(C)COC(C)=O)C2=O)s1. The maximum Gasteiger partial charge on any atom is 0.306 e. The minimum absolute atomic E-state index is 0.0523. The number of aryl methyl sites for hydroxylation is 1. The third-order valence-corrected chi connectivity index (χ3v) is 8.63. The van der Waals surface area contributed by atoms with Gasteiger partial charge in [0, 0.05) is 51.8 Å². The van der Waals surface area contributed by atoms with Crippen LogP contribution in [0.4, 0.5) is 10.8 Å². The Bertz CT molecular complexity index is 1640. The average Bonchev–Trinajstić information content (AvgIpc) is 3.46. The quantitative estimate of drug-likeness (QED) is 0.207. The number of methoxy groups -OCH3 is 2. The van der Waals surface area contributed by atoms with Crippen LogP contribution >= 0.6 is 22.9 Å². The molecule has 14 heteroatoms. The number of fused-ring (bicyclic) bond motifs is 1. The van der Waals surface area contributed by atoms with Crippen LogP contribution in [0.5, 0.6) is 11.5 Å². The number of nitrogens with one attached hydrogen (secondary N) is 1. The second-order valence-corrected chi connectivity index (χ2v) is 13.4. The van der Waals surface area contributed by atoms with E-state index in [1.165, 1.54) is 32.5 Å². The Balaban J connectivity index is 1.70. The summed E-state index contributed by atoms with van der Waals surface area (Å²) in [7, 11) is 3.02. The number of esters is 2. The molecule has 1 aliphatic heterocycles. The van der Waals surface area contributed by atoms with Gasteiger partial charge in [0.05, 0.1) is 40.3 Å². The lowest BCUT2D eigenvalue weighted by Crippen LogP contribution is -2.46. The molecule has 0 radical (unpaired) electrons. The van der Waals surface area contributed by atoms with E-state index in [0.29, 0.717) is 51.5 Å². The van der Waals surface area contributed by atoms with Crippen LogP contribution in [-0.2, 0) is 39.8 Å². The number of thiazole rings is 1. The third kappa shape index (κ3) is 9.24. The van der Waals surface area contributed by atoms with Crippen LogP contribution < -0.4 is 19.7 Å². The summed E-state index contributed by atoms with van der Waals surface area (Å²) in [5, 5.41) is 3.49. The molecule has 2 heterocycles. The molecule has 0 bridgehead atoms. The van der Waals surface area contributed by atoms with E-state index in [4.69, 9.17) is 35.3 Å². The van der Waals surface area contributed by atoms with Crippen LogP contribution in [0, 0.1) is 5.41 Å². The van der Waals surface area contributed by atoms with Crippen LogP contribution in [0.15, 0.2) is 42.6 Å². The van der Waals surface area contributed by atoms with Gasteiger partial charge in [0.2, 0.25) is 5.91 Å². The van der Waals surface area contributed by atoms with Gasteiger partial charge in [-0.2, -0.15) is 0 Å². The molecule has 2 amide bonds. The number of para-hydroxylation sites is 1. The van der Waals surface area contributed by atoms with Crippen LogP contribution in [-0.4, -0.2) is 68.8 Å². The van der Waals surface area contributed by atoms with E-state index in [1.807, 2.05) is 13.8 Å². The van der Waals surface area contributed by atoms with Gasteiger partial charge in [-0.05, 0) is 37.6 Å². The number of carbonyl (C=O) groups excluding carboxylic acids is 4. The number of ether oxygens (including phenoxy) is 5. The Morgan fingerprint density at radius 3 is 2.56 bits per heavy atom. The largest absolute Gasteiger partial charge is 0.493 e. The van der Waals surface area contributed by atoms with Crippen molar-refractivity contribution in [1.82, 2.24) is 4.98 Å².